The summed E-state index contributed by atoms with van der Waals surface area (Å²) in [7, 11) is 0. The van der Waals surface area contributed by atoms with Crippen molar-refractivity contribution >= 4 is 12.7 Å². The predicted molar refractivity (Wildman–Crippen MR) is 108 cm³/mol. The molecule has 0 aliphatic heterocycles. The Hall–Kier alpha value is -3.60. The van der Waals surface area contributed by atoms with Crippen molar-refractivity contribution in [2.45, 2.75) is 13.8 Å². The van der Waals surface area contributed by atoms with E-state index in [1.807, 2.05) is 68.6 Å². The fourth-order valence-electron chi connectivity index (χ4n) is 3.38. The lowest BCUT2D eigenvalue weighted by Crippen LogP contribution is -2.34. The van der Waals surface area contributed by atoms with Crippen LogP contribution < -0.4 is 16.1 Å². The van der Waals surface area contributed by atoms with Gasteiger partial charge in [0.05, 0.1) is 28.1 Å². The highest BCUT2D eigenvalue weighted by atomic mass is 16.1. The Bertz CT molecular complexity index is 1260. The molecule has 0 saturated heterocycles. The van der Waals surface area contributed by atoms with Crippen LogP contribution in [0.3, 0.4) is 0 Å². The van der Waals surface area contributed by atoms with Gasteiger partial charge in [-0.1, -0.05) is 24.8 Å². The summed E-state index contributed by atoms with van der Waals surface area (Å²) in [5.41, 5.74) is 4.78. The van der Waals surface area contributed by atoms with Crippen molar-refractivity contribution in [3.8, 4) is 11.4 Å². The van der Waals surface area contributed by atoms with Crippen molar-refractivity contribution in [3.05, 3.63) is 98.8 Å². The molecule has 5 nitrogen and oxygen atoms in total. The number of aryl methyl sites for hydroxylation is 1. The van der Waals surface area contributed by atoms with E-state index < -0.39 is 0 Å². The molecule has 0 atom stereocenters. The van der Waals surface area contributed by atoms with E-state index in [1.54, 1.807) is 6.20 Å². The summed E-state index contributed by atoms with van der Waals surface area (Å²) in [5, 5.41) is 4.22. The number of nitrogens with zero attached hydrogens (tertiary/aromatic N) is 3. The van der Waals surface area contributed by atoms with E-state index in [0.29, 0.717) is 10.6 Å². The van der Waals surface area contributed by atoms with Crippen LogP contribution in [0.1, 0.15) is 17.0 Å². The van der Waals surface area contributed by atoms with Crippen LogP contribution in [0.4, 0.5) is 0 Å². The fourth-order valence-corrected chi connectivity index (χ4v) is 3.38. The van der Waals surface area contributed by atoms with Gasteiger partial charge in [-0.25, -0.2) is 4.68 Å². The molecule has 0 bridgehead atoms. The third kappa shape index (κ3) is 2.93. The number of H-pyrrole nitrogens is 1. The number of aromatic nitrogens is 4. The van der Waals surface area contributed by atoms with Gasteiger partial charge in [0, 0.05) is 17.6 Å². The summed E-state index contributed by atoms with van der Waals surface area (Å²) in [5.74, 6) is 0. The maximum Gasteiger partial charge on any atom is 0.279 e. The molecule has 3 aromatic heterocycles. The smallest absolute Gasteiger partial charge is 0.279 e. The first-order valence-electron chi connectivity index (χ1n) is 8.73. The molecule has 0 aliphatic rings. The second-order valence-corrected chi connectivity index (χ2v) is 6.50. The van der Waals surface area contributed by atoms with E-state index in [1.165, 1.54) is 4.68 Å². The maximum atomic E-state index is 12.9. The Kier molecular flexibility index (Phi) is 4.12. The second-order valence-electron chi connectivity index (χ2n) is 6.50. The highest BCUT2D eigenvalue weighted by Gasteiger charge is 2.11. The van der Waals surface area contributed by atoms with Crippen molar-refractivity contribution in [1.29, 1.82) is 0 Å². The van der Waals surface area contributed by atoms with Gasteiger partial charge in [0.2, 0.25) is 0 Å². The first kappa shape index (κ1) is 16.8. The molecule has 0 radical (unpaired) electrons. The van der Waals surface area contributed by atoms with Gasteiger partial charge in [0.15, 0.2) is 0 Å². The number of hydrogen-bond donors (Lipinski definition) is 1. The third-order valence-corrected chi connectivity index (χ3v) is 4.69. The summed E-state index contributed by atoms with van der Waals surface area (Å²) in [4.78, 5) is 17.1. The van der Waals surface area contributed by atoms with E-state index in [2.05, 4.69) is 27.3 Å². The quantitative estimate of drug-likeness (QED) is 0.612. The number of nitrogens with one attached hydrogen (secondary N) is 1. The van der Waals surface area contributed by atoms with Gasteiger partial charge in [0.25, 0.3) is 5.56 Å². The van der Waals surface area contributed by atoms with Crippen LogP contribution in [0.2, 0.25) is 0 Å². The summed E-state index contributed by atoms with van der Waals surface area (Å²) in [6.45, 7) is 8.10. The molecule has 0 spiro atoms. The van der Waals surface area contributed by atoms with Gasteiger partial charge < -0.3 is 4.57 Å². The highest BCUT2D eigenvalue weighted by Crippen LogP contribution is 2.20. The molecule has 1 aromatic carbocycles. The second kappa shape index (κ2) is 6.61. The van der Waals surface area contributed by atoms with E-state index in [9.17, 15) is 4.79 Å². The Morgan fingerprint density at radius 3 is 2.52 bits per heavy atom. The number of aromatic amines is 1. The number of hydrogen-bond acceptors (Lipinski definition) is 2. The zero-order chi connectivity index (χ0) is 19.0. The molecular formula is C22H20N4O. The Morgan fingerprint density at radius 2 is 1.81 bits per heavy atom. The van der Waals surface area contributed by atoms with Crippen LogP contribution in [0, 0.1) is 13.8 Å². The molecule has 0 fully saturated rings. The number of benzene rings is 1. The minimum absolute atomic E-state index is 0.114. The van der Waals surface area contributed by atoms with Gasteiger partial charge in [-0.3, -0.25) is 14.9 Å². The molecule has 3 heterocycles. The molecule has 5 heteroatoms. The van der Waals surface area contributed by atoms with Gasteiger partial charge in [-0.05, 0) is 55.8 Å². The normalized spacial score (nSPS) is 11.9. The summed E-state index contributed by atoms with van der Waals surface area (Å²) >= 11 is 0. The minimum Gasteiger partial charge on any atom is -0.316 e. The molecule has 0 saturated carbocycles. The lowest BCUT2D eigenvalue weighted by molar-refractivity contribution is 0.838. The molecule has 0 amide bonds. The van der Waals surface area contributed by atoms with Crippen molar-refractivity contribution in [2.24, 2.45) is 0 Å². The molecule has 0 unspecified atom stereocenters. The zero-order valence-corrected chi connectivity index (χ0v) is 15.3. The van der Waals surface area contributed by atoms with Crippen LogP contribution in [-0.2, 0) is 0 Å². The summed E-state index contributed by atoms with van der Waals surface area (Å²) in [6, 6.07) is 15.5. The van der Waals surface area contributed by atoms with Gasteiger partial charge in [-0.2, -0.15) is 0 Å². The van der Waals surface area contributed by atoms with E-state index in [0.717, 1.165) is 28.3 Å². The minimum atomic E-state index is -0.114. The highest BCUT2D eigenvalue weighted by molar-refractivity contribution is 5.56. The van der Waals surface area contributed by atoms with Crippen molar-refractivity contribution in [3.63, 3.8) is 0 Å². The Balaban J connectivity index is 1.88. The SMILES string of the molecule is C=c1[nH]n(-c2ccccc2)c(=O)/c1=C/c1cc(C)n(-c2cccnc2)c1C. The van der Waals surface area contributed by atoms with E-state index in [4.69, 9.17) is 0 Å². The monoisotopic (exact) mass is 356 g/mol. The number of rotatable bonds is 3. The predicted octanol–water partition coefficient (Wildman–Crippen LogP) is 2.21. The van der Waals surface area contributed by atoms with Gasteiger partial charge >= 0.3 is 0 Å². The zero-order valence-electron chi connectivity index (χ0n) is 15.3. The van der Waals surface area contributed by atoms with Crippen LogP contribution in [0.25, 0.3) is 24.0 Å². The number of pyridine rings is 1. The van der Waals surface area contributed by atoms with Gasteiger partial charge in [-0.15, -0.1) is 0 Å². The van der Waals surface area contributed by atoms with E-state index >= 15 is 0 Å². The van der Waals surface area contributed by atoms with Crippen LogP contribution >= 0.6 is 0 Å². The van der Waals surface area contributed by atoms with Crippen molar-refractivity contribution in [1.82, 2.24) is 19.3 Å². The molecule has 4 aromatic rings. The van der Waals surface area contributed by atoms with Crippen LogP contribution in [0.5, 0.6) is 0 Å². The average molecular weight is 356 g/mol. The third-order valence-electron chi connectivity index (χ3n) is 4.69. The lowest BCUT2D eigenvalue weighted by atomic mass is 10.2. The Morgan fingerprint density at radius 1 is 1.07 bits per heavy atom. The standard InChI is InChI=1S/C22H20N4O/c1-15-12-18(17(3)25(15)20-10-7-11-23-14-20)13-21-16(2)24-26(22(21)27)19-8-5-4-6-9-19/h4-14,24H,2H2,1,3H3/b21-13+. The molecule has 27 heavy (non-hydrogen) atoms. The molecule has 4 rings (SSSR count). The number of para-hydroxylation sites is 1. The van der Waals surface area contributed by atoms with Crippen LogP contribution in [-0.4, -0.2) is 19.3 Å². The van der Waals surface area contributed by atoms with Crippen LogP contribution in [0.15, 0.2) is 65.7 Å². The van der Waals surface area contributed by atoms with Crippen molar-refractivity contribution < 1.29 is 0 Å². The fraction of sp³-hybridized carbons (Fsp3) is 0.0909. The first-order valence-corrected chi connectivity index (χ1v) is 8.73. The first-order chi connectivity index (χ1) is 13.1. The largest absolute Gasteiger partial charge is 0.316 e. The Labute approximate surface area is 156 Å². The molecular weight excluding hydrogens is 336 g/mol. The topological polar surface area (TPSA) is 55.6 Å². The average Bonchev–Trinajstić information content (AvgIpc) is 3.13. The molecule has 134 valence electrons. The van der Waals surface area contributed by atoms with Crippen molar-refractivity contribution in [2.75, 3.05) is 0 Å². The van der Waals surface area contributed by atoms with Gasteiger partial charge in [0.1, 0.15) is 0 Å². The maximum absolute atomic E-state index is 12.9. The molecule has 0 aliphatic carbocycles. The summed E-state index contributed by atoms with van der Waals surface area (Å²) in [6.07, 6.45) is 5.48. The molecule has 1 N–H and O–H groups in total. The lowest BCUT2D eigenvalue weighted by Gasteiger charge is -2.08. The van der Waals surface area contributed by atoms with E-state index in [-0.39, 0.29) is 5.56 Å². The summed E-state index contributed by atoms with van der Waals surface area (Å²) < 4.78 is 3.65.